The molecule has 5 saturated carbocycles. The van der Waals surface area contributed by atoms with Gasteiger partial charge < -0.3 is 16.0 Å². The average Bonchev–Trinajstić information content (AvgIpc) is 3.61. The van der Waals surface area contributed by atoms with Crippen LogP contribution in [0.25, 0.3) is 0 Å². The molecule has 0 radical (unpaired) electrons. The summed E-state index contributed by atoms with van der Waals surface area (Å²) < 4.78 is 0. The predicted octanol–water partition coefficient (Wildman–Crippen LogP) is 4.01. The highest BCUT2D eigenvalue weighted by Gasteiger charge is 2.55. The number of rotatable bonds is 8. The zero-order chi connectivity index (χ0) is 23.2. The van der Waals surface area contributed by atoms with Crippen molar-refractivity contribution in [2.45, 2.75) is 77.8 Å². The largest absolute Gasteiger partial charge is 0.350 e. The van der Waals surface area contributed by atoms with Crippen molar-refractivity contribution in [3.8, 4) is 0 Å². The number of nitrogens with one attached hydrogen (secondary N) is 3. The van der Waals surface area contributed by atoms with Gasteiger partial charge in [0.25, 0.3) is 0 Å². The molecule has 0 aromatic heterocycles. The number of hydrogen-bond donors (Lipinski definition) is 3. The molecule has 178 valence electrons. The quantitative estimate of drug-likeness (QED) is 0.558. The highest BCUT2D eigenvalue weighted by atomic mass is 16.2. The van der Waals surface area contributed by atoms with Crippen molar-refractivity contribution in [1.29, 1.82) is 0 Å². The molecule has 0 saturated heterocycles. The molecule has 0 heterocycles. The van der Waals surface area contributed by atoms with E-state index in [1.54, 1.807) is 0 Å². The Labute approximate surface area is 196 Å². The summed E-state index contributed by atoms with van der Waals surface area (Å²) in [5.74, 6) is 2.35. The van der Waals surface area contributed by atoms with Gasteiger partial charge in [-0.05, 0) is 92.7 Å². The molecule has 6 nitrogen and oxygen atoms in total. The van der Waals surface area contributed by atoms with E-state index in [-0.39, 0.29) is 35.0 Å². The summed E-state index contributed by atoms with van der Waals surface area (Å²) >= 11 is 0. The standard InChI is InChI=1S/C27H37N3O3/c1-16(2)23(30-26(33)27-12-18-9-19(13-27)11-20(10-18)14-27)25(32)28-15-17-3-7-22(8-4-17)29-24(31)21-5-6-21/h3-4,7-8,16,18-21,23H,5-6,9-15H2,1-2H3,(H,28,32)(H,29,31)(H,30,33). The van der Waals surface area contributed by atoms with Gasteiger partial charge in [-0.2, -0.15) is 0 Å². The molecule has 6 heteroatoms. The van der Waals surface area contributed by atoms with E-state index in [9.17, 15) is 14.4 Å². The minimum atomic E-state index is -0.525. The predicted molar refractivity (Wildman–Crippen MR) is 127 cm³/mol. The van der Waals surface area contributed by atoms with E-state index in [4.69, 9.17) is 0 Å². The van der Waals surface area contributed by atoms with Crippen LogP contribution in [0.1, 0.15) is 70.8 Å². The molecular weight excluding hydrogens is 414 g/mol. The number of hydrogen-bond acceptors (Lipinski definition) is 3. The third-order valence-electron chi connectivity index (χ3n) is 8.39. The number of amides is 3. The smallest absolute Gasteiger partial charge is 0.243 e. The fraction of sp³-hybridized carbons (Fsp3) is 0.667. The van der Waals surface area contributed by atoms with Crippen molar-refractivity contribution in [3.63, 3.8) is 0 Å². The Kier molecular flexibility index (Phi) is 5.96. The lowest BCUT2D eigenvalue weighted by Gasteiger charge is -2.55. The minimum absolute atomic E-state index is 0.0166. The first-order valence-electron chi connectivity index (χ1n) is 12.8. The maximum atomic E-state index is 13.4. The summed E-state index contributed by atoms with van der Waals surface area (Å²) in [6.45, 7) is 4.37. The van der Waals surface area contributed by atoms with Crippen molar-refractivity contribution >= 4 is 23.4 Å². The fourth-order valence-corrected chi connectivity index (χ4v) is 6.81. The van der Waals surface area contributed by atoms with Gasteiger partial charge in [0.05, 0.1) is 0 Å². The Morgan fingerprint density at radius 2 is 1.52 bits per heavy atom. The van der Waals surface area contributed by atoms with Crippen molar-refractivity contribution in [1.82, 2.24) is 10.6 Å². The molecule has 1 atom stereocenters. The van der Waals surface area contributed by atoms with Crippen molar-refractivity contribution in [3.05, 3.63) is 29.8 Å². The molecule has 1 unspecified atom stereocenters. The first kappa shape index (κ1) is 22.4. The molecule has 3 N–H and O–H groups in total. The van der Waals surface area contributed by atoms with Crippen molar-refractivity contribution in [2.24, 2.45) is 35.0 Å². The van der Waals surface area contributed by atoms with Crippen molar-refractivity contribution in [2.75, 3.05) is 5.32 Å². The highest BCUT2D eigenvalue weighted by Crippen LogP contribution is 2.60. The molecule has 33 heavy (non-hydrogen) atoms. The van der Waals surface area contributed by atoms with Crippen LogP contribution in [-0.4, -0.2) is 23.8 Å². The lowest BCUT2D eigenvalue weighted by molar-refractivity contribution is -0.149. The van der Waals surface area contributed by atoms with Crippen LogP contribution in [0.4, 0.5) is 5.69 Å². The molecule has 6 rings (SSSR count). The van der Waals surface area contributed by atoms with E-state index < -0.39 is 6.04 Å². The zero-order valence-electron chi connectivity index (χ0n) is 19.9. The van der Waals surface area contributed by atoms with Gasteiger partial charge in [0.1, 0.15) is 6.04 Å². The second-order valence-corrected chi connectivity index (χ2v) is 11.6. The normalized spacial score (nSPS) is 30.7. The monoisotopic (exact) mass is 451 g/mol. The number of carbonyl (C=O) groups excluding carboxylic acids is 3. The molecule has 1 aromatic carbocycles. The molecule has 0 aliphatic heterocycles. The van der Waals surface area contributed by atoms with Gasteiger partial charge in [-0.15, -0.1) is 0 Å². The Hall–Kier alpha value is -2.37. The Morgan fingerprint density at radius 1 is 0.939 bits per heavy atom. The van der Waals surface area contributed by atoms with E-state index >= 15 is 0 Å². The third-order valence-corrected chi connectivity index (χ3v) is 8.39. The Balaban J connectivity index is 1.16. The molecule has 5 fully saturated rings. The highest BCUT2D eigenvalue weighted by molar-refractivity contribution is 5.94. The van der Waals surface area contributed by atoms with Crippen LogP contribution in [0.3, 0.4) is 0 Å². The molecule has 5 aliphatic rings. The topological polar surface area (TPSA) is 87.3 Å². The Morgan fingerprint density at radius 3 is 2.03 bits per heavy atom. The lowest BCUT2D eigenvalue weighted by atomic mass is 9.49. The van der Waals surface area contributed by atoms with Gasteiger partial charge in [0, 0.05) is 23.6 Å². The second-order valence-electron chi connectivity index (χ2n) is 11.6. The SMILES string of the molecule is CC(C)C(NC(=O)C12CC3CC(CC(C3)C1)C2)C(=O)NCc1ccc(NC(=O)C2CC2)cc1. The third kappa shape index (κ3) is 4.80. The zero-order valence-corrected chi connectivity index (χ0v) is 19.9. The maximum absolute atomic E-state index is 13.4. The van der Waals surface area contributed by atoms with Crippen LogP contribution >= 0.6 is 0 Å². The van der Waals surface area contributed by atoms with Crippen LogP contribution in [0, 0.1) is 35.0 Å². The number of anilines is 1. The van der Waals surface area contributed by atoms with Gasteiger partial charge >= 0.3 is 0 Å². The minimum Gasteiger partial charge on any atom is -0.350 e. The van der Waals surface area contributed by atoms with Gasteiger partial charge in [0.15, 0.2) is 0 Å². The molecule has 3 amide bonds. The number of benzene rings is 1. The van der Waals surface area contributed by atoms with Crippen LogP contribution in [0.5, 0.6) is 0 Å². The van der Waals surface area contributed by atoms with Crippen LogP contribution in [0.2, 0.25) is 0 Å². The van der Waals surface area contributed by atoms with Gasteiger partial charge in [0.2, 0.25) is 17.7 Å². The van der Waals surface area contributed by atoms with E-state index in [0.29, 0.717) is 24.3 Å². The maximum Gasteiger partial charge on any atom is 0.243 e. The molecule has 4 bridgehead atoms. The molecule has 0 spiro atoms. The van der Waals surface area contributed by atoms with E-state index in [1.165, 1.54) is 19.3 Å². The fourth-order valence-electron chi connectivity index (χ4n) is 6.81. The van der Waals surface area contributed by atoms with Crippen LogP contribution in [-0.2, 0) is 20.9 Å². The summed E-state index contributed by atoms with van der Waals surface area (Å²) in [6, 6.07) is 7.05. The summed E-state index contributed by atoms with van der Waals surface area (Å²) in [7, 11) is 0. The molecule has 1 aromatic rings. The summed E-state index contributed by atoms with van der Waals surface area (Å²) in [4.78, 5) is 38.4. The van der Waals surface area contributed by atoms with Gasteiger partial charge in [-0.3, -0.25) is 14.4 Å². The van der Waals surface area contributed by atoms with E-state index in [2.05, 4.69) is 16.0 Å². The average molecular weight is 452 g/mol. The first-order chi connectivity index (χ1) is 15.8. The molecular formula is C27H37N3O3. The summed E-state index contributed by atoms with van der Waals surface area (Å²) in [6.07, 6.45) is 8.85. The summed E-state index contributed by atoms with van der Waals surface area (Å²) in [5.41, 5.74) is 1.50. The first-order valence-corrected chi connectivity index (χ1v) is 12.8. The van der Waals surface area contributed by atoms with Crippen molar-refractivity contribution < 1.29 is 14.4 Å². The van der Waals surface area contributed by atoms with Gasteiger partial charge in [-0.25, -0.2) is 0 Å². The number of carbonyl (C=O) groups is 3. The molecule has 5 aliphatic carbocycles. The van der Waals surface area contributed by atoms with Gasteiger partial charge in [-0.1, -0.05) is 26.0 Å². The van der Waals surface area contributed by atoms with Crippen LogP contribution < -0.4 is 16.0 Å². The lowest BCUT2D eigenvalue weighted by Crippen LogP contribution is -2.58. The van der Waals surface area contributed by atoms with E-state index in [0.717, 1.165) is 43.4 Å². The summed E-state index contributed by atoms with van der Waals surface area (Å²) in [5, 5.41) is 9.10. The van der Waals surface area contributed by atoms with Crippen LogP contribution in [0.15, 0.2) is 24.3 Å². The van der Waals surface area contributed by atoms with E-state index in [1.807, 2.05) is 38.1 Å². The Bertz CT molecular complexity index is 884. The second kappa shape index (κ2) is 8.77.